The Kier molecular flexibility index (Phi) is 4.05. The van der Waals surface area contributed by atoms with Crippen molar-refractivity contribution in [2.45, 2.75) is 6.42 Å². The Morgan fingerprint density at radius 1 is 1.00 bits per heavy atom. The number of anilines is 1. The van der Waals surface area contributed by atoms with Crippen molar-refractivity contribution in [1.29, 1.82) is 0 Å². The third-order valence-corrected chi connectivity index (χ3v) is 5.08. The molecule has 0 saturated carbocycles. The van der Waals surface area contributed by atoms with Gasteiger partial charge in [0.05, 0.1) is 18.3 Å². The fourth-order valence-electron chi connectivity index (χ4n) is 3.01. The van der Waals surface area contributed by atoms with E-state index >= 15 is 0 Å². The van der Waals surface area contributed by atoms with E-state index in [0.29, 0.717) is 0 Å². The lowest BCUT2D eigenvalue weighted by molar-refractivity contribution is 0.419. The van der Waals surface area contributed by atoms with Crippen LogP contribution in [0.5, 0.6) is 5.75 Å². The predicted molar refractivity (Wildman–Crippen MR) is 102 cm³/mol. The number of hydrogen-bond donors (Lipinski definition) is 1. The van der Waals surface area contributed by atoms with Crippen molar-refractivity contribution in [3.8, 4) is 5.75 Å². The fourth-order valence-corrected chi connectivity index (χ4v) is 3.72. The van der Waals surface area contributed by atoms with Crippen LogP contribution < -0.4 is 10.1 Å². The van der Waals surface area contributed by atoms with Crippen molar-refractivity contribution in [3.05, 3.63) is 64.9 Å². The minimum Gasteiger partial charge on any atom is -0.494 e. The molecule has 0 fully saturated rings. The Morgan fingerprint density at radius 2 is 1.88 bits per heavy atom. The summed E-state index contributed by atoms with van der Waals surface area (Å²) in [5.41, 5.74) is 3.01. The van der Waals surface area contributed by atoms with Crippen LogP contribution in [0.2, 0.25) is 0 Å². The first kappa shape index (κ1) is 15.0. The second-order valence-electron chi connectivity index (χ2n) is 5.62. The van der Waals surface area contributed by atoms with Gasteiger partial charge in [0.15, 0.2) is 0 Å². The number of pyridine rings is 1. The molecular formula is C20H18N2OS. The number of ether oxygens (including phenoxy) is 1. The number of nitrogens with zero attached hydrogens (tertiary/aromatic N) is 1. The van der Waals surface area contributed by atoms with Gasteiger partial charge in [0.25, 0.3) is 0 Å². The molecule has 0 spiro atoms. The molecule has 0 unspecified atom stereocenters. The first-order chi connectivity index (χ1) is 11.9. The summed E-state index contributed by atoms with van der Waals surface area (Å²) in [5, 5.41) is 7.99. The van der Waals surface area contributed by atoms with Gasteiger partial charge in [0.1, 0.15) is 11.3 Å². The fraction of sp³-hybridized carbons (Fsp3) is 0.150. The van der Waals surface area contributed by atoms with Gasteiger partial charge in [-0.05, 0) is 30.0 Å². The number of para-hydroxylation sites is 2. The summed E-state index contributed by atoms with van der Waals surface area (Å²) in [5.74, 6) is 0.805. The molecule has 0 bridgehead atoms. The summed E-state index contributed by atoms with van der Waals surface area (Å²) in [6.07, 6.45) is 1.01. The van der Waals surface area contributed by atoms with Crippen LogP contribution in [0.15, 0.2) is 60.0 Å². The normalized spacial score (nSPS) is 11.0. The molecule has 4 aromatic rings. The van der Waals surface area contributed by atoms with Gasteiger partial charge in [-0.15, -0.1) is 11.3 Å². The van der Waals surface area contributed by atoms with Crippen molar-refractivity contribution in [1.82, 2.24) is 4.98 Å². The summed E-state index contributed by atoms with van der Waals surface area (Å²) in [6, 6.07) is 18.6. The smallest absolute Gasteiger partial charge is 0.145 e. The molecule has 0 aliphatic rings. The van der Waals surface area contributed by atoms with E-state index in [2.05, 4.69) is 41.0 Å². The lowest BCUT2D eigenvalue weighted by atomic mass is 10.1. The predicted octanol–water partition coefficient (Wildman–Crippen LogP) is 5.11. The van der Waals surface area contributed by atoms with Crippen molar-refractivity contribution < 1.29 is 4.74 Å². The SMILES string of the molecule is COc1cccc2c(NCCc3cccs3)c3ccccc3nc12. The molecule has 3 nitrogen and oxygen atoms in total. The van der Waals surface area contributed by atoms with Crippen LogP contribution >= 0.6 is 11.3 Å². The summed E-state index contributed by atoms with van der Waals surface area (Å²) in [4.78, 5) is 6.20. The maximum Gasteiger partial charge on any atom is 0.145 e. The molecular weight excluding hydrogens is 316 g/mol. The van der Waals surface area contributed by atoms with Crippen LogP contribution in [0.25, 0.3) is 21.8 Å². The van der Waals surface area contributed by atoms with Crippen LogP contribution in [-0.2, 0) is 6.42 Å². The molecule has 0 atom stereocenters. The molecule has 120 valence electrons. The van der Waals surface area contributed by atoms with E-state index in [1.807, 2.05) is 24.3 Å². The van der Waals surface area contributed by atoms with Crippen molar-refractivity contribution in [3.63, 3.8) is 0 Å². The van der Waals surface area contributed by atoms with E-state index in [9.17, 15) is 0 Å². The van der Waals surface area contributed by atoms with Crippen molar-refractivity contribution >= 4 is 38.8 Å². The largest absolute Gasteiger partial charge is 0.494 e. The van der Waals surface area contributed by atoms with Crippen LogP contribution in [0.1, 0.15) is 4.88 Å². The van der Waals surface area contributed by atoms with E-state index in [1.54, 1.807) is 18.4 Å². The summed E-state index contributed by atoms with van der Waals surface area (Å²) < 4.78 is 5.51. The minimum atomic E-state index is 0.805. The number of hydrogen-bond acceptors (Lipinski definition) is 4. The number of nitrogens with one attached hydrogen (secondary N) is 1. The van der Waals surface area contributed by atoms with Crippen LogP contribution in [0.4, 0.5) is 5.69 Å². The standard InChI is InChI=1S/C20H18N2OS/c1-23-18-10-4-8-16-19(21-12-11-14-6-5-13-24-14)15-7-2-3-9-17(15)22-20(16)18/h2-10,13H,11-12H2,1H3,(H,21,22). The molecule has 24 heavy (non-hydrogen) atoms. The van der Waals surface area contributed by atoms with Crippen LogP contribution in [-0.4, -0.2) is 18.6 Å². The summed E-state index contributed by atoms with van der Waals surface area (Å²) >= 11 is 1.80. The average molecular weight is 334 g/mol. The molecule has 0 amide bonds. The number of thiophene rings is 1. The highest BCUT2D eigenvalue weighted by Crippen LogP contribution is 2.34. The van der Waals surface area contributed by atoms with Crippen molar-refractivity contribution in [2.75, 3.05) is 19.0 Å². The second kappa shape index (κ2) is 6.49. The maximum absolute atomic E-state index is 5.51. The second-order valence-corrected chi connectivity index (χ2v) is 6.65. The van der Waals surface area contributed by atoms with E-state index < -0.39 is 0 Å². The van der Waals surface area contributed by atoms with Gasteiger partial charge < -0.3 is 10.1 Å². The van der Waals surface area contributed by atoms with Gasteiger partial charge in [-0.3, -0.25) is 0 Å². The molecule has 2 aromatic carbocycles. The highest BCUT2D eigenvalue weighted by Gasteiger charge is 2.11. The number of fused-ring (bicyclic) bond motifs is 2. The molecule has 4 rings (SSSR count). The van der Waals surface area contributed by atoms with Gasteiger partial charge in [-0.2, -0.15) is 0 Å². The molecule has 2 aromatic heterocycles. The molecule has 0 radical (unpaired) electrons. The topological polar surface area (TPSA) is 34.1 Å². The zero-order valence-electron chi connectivity index (χ0n) is 13.5. The van der Waals surface area contributed by atoms with Crippen molar-refractivity contribution in [2.24, 2.45) is 0 Å². The number of aromatic nitrogens is 1. The summed E-state index contributed by atoms with van der Waals surface area (Å²) in [7, 11) is 1.69. The number of benzene rings is 2. The molecule has 4 heteroatoms. The molecule has 1 N–H and O–H groups in total. The van der Waals surface area contributed by atoms with Gasteiger partial charge >= 0.3 is 0 Å². The Morgan fingerprint density at radius 3 is 2.71 bits per heavy atom. The van der Waals surface area contributed by atoms with Gasteiger partial charge in [-0.25, -0.2) is 4.98 Å². The Balaban J connectivity index is 1.80. The van der Waals surface area contributed by atoms with Gasteiger partial charge in [0.2, 0.25) is 0 Å². The highest BCUT2D eigenvalue weighted by molar-refractivity contribution is 7.09. The quantitative estimate of drug-likeness (QED) is 0.515. The van der Waals surface area contributed by atoms with E-state index in [4.69, 9.17) is 9.72 Å². The lowest BCUT2D eigenvalue weighted by Gasteiger charge is -2.14. The first-order valence-electron chi connectivity index (χ1n) is 7.98. The minimum absolute atomic E-state index is 0.805. The van der Waals surface area contributed by atoms with Gasteiger partial charge in [0, 0.05) is 22.2 Å². The van der Waals surface area contributed by atoms with E-state index in [1.165, 1.54) is 4.88 Å². The Hall–Kier alpha value is -2.59. The lowest BCUT2D eigenvalue weighted by Crippen LogP contribution is -2.05. The van der Waals surface area contributed by atoms with Gasteiger partial charge in [-0.1, -0.05) is 36.4 Å². The number of methoxy groups -OCH3 is 1. The van der Waals surface area contributed by atoms with E-state index in [-0.39, 0.29) is 0 Å². The Labute approximate surface area is 144 Å². The summed E-state index contributed by atoms with van der Waals surface area (Å²) in [6.45, 7) is 0.890. The molecule has 0 aliphatic heterocycles. The zero-order valence-corrected chi connectivity index (χ0v) is 14.3. The zero-order chi connectivity index (χ0) is 16.4. The Bertz CT molecular complexity index is 980. The molecule has 0 aliphatic carbocycles. The van der Waals surface area contributed by atoms with Crippen LogP contribution in [0, 0.1) is 0 Å². The first-order valence-corrected chi connectivity index (χ1v) is 8.86. The highest BCUT2D eigenvalue weighted by atomic mass is 32.1. The van der Waals surface area contributed by atoms with E-state index in [0.717, 1.165) is 46.2 Å². The third-order valence-electron chi connectivity index (χ3n) is 4.15. The third kappa shape index (κ3) is 2.69. The monoisotopic (exact) mass is 334 g/mol. The number of rotatable bonds is 5. The van der Waals surface area contributed by atoms with Crippen LogP contribution in [0.3, 0.4) is 0 Å². The molecule has 2 heterocycles. The molecule has 0 saturated heterocycles. The average Bonchev–Trinajstić information content (AvgIpc) is 3.14. The maximum atomic E-state index is 5.51.